The zero-order valence-electron chi connectivity index (χ0n) is 9.89. The van der Waals surface area contributed by atoms with Crippen LogP contribution in [0.5, 0.6) is 0 Å². The predicted octanol–water partition coefficient (Wildman–Crippen LogP) is 1.13. The Morgan fingerprint density at radius 2 is 2.11 bits per heavy atom. The number of aromatic nitrogens is 5. The normalized spacial score (nSPS) is 12.5. The van der Waals surface area contributed by atoms with Gasteiger partial charge in [-0.15, -0.1) is 0 Å². The van der Waals surface area contributed by atoms with Gasteiger partial charge in [0.2, 0.25) is 11.7 Å². The van der Waals surface area contributed by atoms with Crippen molar-refractivity contribution < 1.29 is 9.63 Å². The Morgan fingerprint density at radius 3 is 2.84 bits per heavy atom. The molecule has 0 aliphatic carbocycles. The van der Waals surface area contributed by atoms with Gasteiger partial charge in [0.15, 0.2) is 5.82 Å². The van der Waals surface area contributed by atoms with E-state index < -0.39 is 6.10 Å². The minimum atomic E-state index is -0.677. The molecule has 0 bridgehead atoms. The molecular formula is C12H11N5O2. The Bertz CT molecular complexity index is 635. The number of hydrogen-bond acceptors (Lipinski definition) is 6. The van der Waals surface area contributed by atoms with Gasteiger partial charge in [-0.05, 0) is 5.56 Å². The van der Waals surface area contributed by atoms with Crippen molar-refractivity contribution in [2.24, 2.45) is 0 Å². The highest BCUT2D eigenvalue weighted by Gasteiger charge is 2.15. The van der Waals surface area contributed by atoms with Gasteiger partial charge in [-0.3, -0.25) is 5.10 Å². The number of benzene rings is 1. The minimum absolute atomic E-state index is 0.255. The summed E-state index contributed by atoms with van der Waals surface area (Å²) in [5.74, 6) is 1.11. The molecule has 2 heterocycles. The van der Waals surface area contributed by atoms with Gasteiger partial charge in [-0.2, -0.15) is 10.1 Å². The van der Waals surface area contributed by atoms with E-state index in [2.05, 4.69) is 25.3 Å². The zero-order chi connectivity index (χ0) is 13.1. The number of nitrogens with one attached hydrogen (secondary N) is 1. The van der Waals surface area contributed by atoms with Crippen LogP contribution >= 0.6 is 0 Å². The van der Waals surface area contributed by atoms with Crippen LogP contribution in [-0.2, 0) is 6.42 Å². The number of nitrogens with zero attached hydrogens (tertiary/aromatic N) is 4. The van der Waals surface area contributed by atoms with Gasteiger partial charge in [-0.1, -0.05) is 35.5 Å². The molecule has 0 radical (unpaired) electrons. The summed E-state index contributed by atoms with van der Waals surface area (Å²) in [7, 11) is 0. The molecule has 19 heavy (non-hydrogen) atoms. The summed E-state index contributed by atoms with van der Waals surface area (Å²) in [6, 6.07) is 9.32. The summed E-state index contributed by atoms with van der Waals surface area (Å²) in [4.78, 5) is 8.07. The number of hydrogen-bond donors (Lipinski definition) is 2. The summed E-state index contributed by atoms with van der Waals surface area (Å²) in [5.41, 5.74) is 0.807. The molecule has 3 rings (SSSR count). The molecule has 0 saturated carbocycles. The summed E-state index contributed by atoms with van der Waals surface area (Å²) in [6.07, 6.45) is 0.944. The Morgan fingerprint density at radius 1 is 1.26 bits per heavy atom. The second kappa shape index (κ2) is 4.99. The highest BCUT2D eigenvalue weighted by molar-refractivity contribution is 5.39. The third-order valence-corrected chi connectivity index (χ3v) is 2.65. The van der Waals surface area contributed by atoms with Crippen molar-refractivity contribution >= 4 is 0 Å². The van der Waals surface area contributed by atoms with Gasteiger partial charge in [0.1, 0.15) is 6.33 Å². The molecule has 0 fully saturated rings. The minimum Gasteiger partial charge on any atom is -0.388 e. The lowest BCUT2D eigenvalue weighted by atomic mass is 10.1. The summed E-state index contributed by atoms with van der Waals surface area (Å²) < 4.78 is 5.07. The van der Waals surface area contributed by atoms with E-state index in [-0.39, 0.29) is 6.42 Å². The zero-order valence-corrected chi connectivity index (χ0v) is 9.89. The lowest BCUT2D eigenvalue weighted by Crippen LogP contribution is -2.01. The van der Waals surface area contributed by atoms with Crippen molar-refractivity contribution in [1.82, 2.24) is 25.3 Å². The van der Waals surface area contributed by atoms with E-state index in [1.165, 1.54) is 6.33 Å². The standard InChI is InChI=1S/C12H11N5O2/c18-9(8-4-2-1-3-5-8)6-10-15-12(17-19-10)11-13-7-14-16-11/h1-5,7,9,18H,6H2,(H,13,14,16). The van der Waals surface area contributed by atoms with E-state index in [1.807, 2.05) is 30.3 Å². The van der Waals surface area contributed by atoms with Gasteiger partial charge in [0.05, 0.1) is 12.5 Å². The lowest BCUT2D eigenvalue weighted by Gasteiger charge is -2.07. The summed E-state index contributed by atoms with van der Waals surface area (Å²) >= 11 is 0. The van der Waals surface area contributed by atoms with Crippen molar-refractivity contribution in [3.63, 3.8) is 0 Å². The van der Waals surface area contributed by atoms with Crippen LogP contribution in [0.25, 0.3) is 11.6 Å². The van der Waals surface area contributed by atoms with E-state index in [0.29, 0.717) is 17.5 Å². The average molecular weight is 257 g/mol. The summed E-state index contributed by atoms with van der Waals surface area (Å²) in [6.45, 7) is 0. The second-order valence-electron chi connectivity index (χ2n) is 3.98. The van der Waals surface area contributed by atoms with Crippen molar-refractivity contribution in [3.8, 4) is 11.6 Å². The van der Waals surface area contributed by atoms with E-state index in [1.54, 1.807) is 0 Å². The smallest absolute Gasteiger partial charge is 0.239 e. The van der Waals surface area contributed by atoms with Gasteiger partial charge in [0.25, 0.3) is 0 Å². The second-order valence-corrected chi connectivity index (χ2v) is 3.98. The van der Waals surface area contributed by atoms with Crippen molar-refractivity contribution in [2.45, 2.75) is 12.5 Å². The highest BCUT2D eigenvalue weighted by Crippen LogP contribution is 2.18. The SMILES string of the molecule is OC(Cc1nc(-c2ncn[nH]2)no1)c1ccccc1. The number of H-pyrrole nitrogens is 1. The Kier molecular flexibility index (Phi) is 3.03. The van der Waals surface area contributed by atoms with Crippen molar-refractivity contribution in [1.29, 1.82) is 0 Å². The first-order valence-electron chi connectivity index (χ1n) is 5.74. The molecule has 7 nitrogen and oxygen atoms in total. The largest absolute Gasteiger partial charge is 0.388 e. The van der Waals surface area contributed by atoms with Gasteiger partial charge in [0, 0.05) is 0 Å². The van der Waals surface area contributed by atoms with Gasteiger partial charge >= 0.3 is 0 Å². The molecule has 0 aliphatic rings. The third-order valence-electron chi connectivity index (χ3n) is 2.65. The molecule has 7 heteroatoms. The Labute approximate surface area is 108 Å². The van der Waals surface area contributed by atoms with Crippen LogP contribution in [-0.4, -0.2) is 30.4 Å². The van der Waals surface area contributed by atoms with Crippen LogP contribution in [0.3, 0.4) is 0 Å². The fourth-order valence-corrected chi connectivity index (χ4v) is 1.71. The van der Waals surface area contributed by atoms with E-state index in [0.717, 1.165) is 5.56 Å². The Balaban J connectivity index is 1.74. The molecule has 0 amide bonds. The van der Waals surface area contributed by atoms with Gasteiger partial charge < -0.3 is 9.63 Å². The molecule has 0 spiro atoms. The summed E-state index contributed by atoms with van der Waals surface area (Å²) in [5, 5.41) is 20.2. The molecule has 1 aromatic carbocycles. The number of aromatic amines is 1. The first-order chi connectivity index (χ1) is 9.33. The number of aliphatic hydroxyl groups excluding tert-OH is 1. The van der Waals surface area contributed by atoms with Crippen LogP contribution in [0, 0.1) is 0 Å². The quantitative estimate of drug-likeness (QED) is 0.726. The Hall–Kier alpha value is -2.54. The maximum atomic E-state index is 10.1. The predicted molar refractivity (Wildman–Crippen MR) is 64.8 cm³/mol. The molecule has 0 aliphatic heterocycles. The van der Waals surface area contributed by atoms with Crippen LogP contribution in [0.4, 0.5) is 0 Å². The lowest BCUT2D eigenvalue weighted by molar-refractivity contribution is 0.165. The van der Waals surface area contributed by atoms with Gasteiger partial charge in [-0.25, -0.2) is 4.98 Å². The molecular weight excluding hydrogens is 246 g/mol. The van der Waals surface area contributed by atoms with Crippen LogP contribution in [0.2, 0.25) is 0 Å². The molecule has 3 aromatic rings. The first kappa shape index (κ1) is 11.5. The van der Waals surface area contributed by atoms with Crippen LogP contribution < -0.4 is 0 Å². The fraction of sp³-hybridized carbons (Fsp3) is 0.167. The number of aliphatic hydroxyl groups is 1. The van der Waals surface area contributed by atoms with E-state index in [4.69, 9.17) is 4.52 Å². The van der Waals surface area contributed by atoms with Crippen molar-refractivity contribution in [2.75, 3.05) is 0 Å². The highest BCUT2D eigenvalue weighted by atomic mass is 16.5. The average Bonchev–Trinajstić information content (AvgIpc) is 3.10. The van der Waals surface area contributed by atoms with Crippen molar-refractivity contribution in [3.05, 3.63) is 48.1 Å². The topological polar surface area (TPSA) is 101 Å². The molecule has 1 unspecified atom stereocenters. The van der Waals surface area contributed by atoms with Crippen LogP contribution in [0.1, 0.15) is 17.6 Å². The molecule has 2 N–H and O–H groups in total. The molecule has 96 valence electrons. The molecule has 1 atom stereocenters. The van der Waals surface area contributed by atoms with E-state index in [9.17, 15) is 5.11 Å². The number of rotatable bonds is 4. The first-order valence-corrected chi connectivity index (χ1v) is 5.74. The molecule has 2 aromatic heterocycles. The van der Waals surface area contributed by atoms with Crippen LogP contribution in [0.15, 0.2) is 41.2 Å². The molecule has 0 saturated heterocycles. The maximum Gasteiger partial charge on any atom is 0.239 e. The fourth-order valence-electron chi connectivity index (χ4n) is 1.71. The monoisotopic (exact) mass is 257 g/mol. The van der Waals surface area contributed by atoms with E-state index >= 15 is 0 Å². The third kappa shape index (κ3) is 2.50. The maximum absolute atomic E-state index is 10.1.